The van der Waals surface area contributed by atoms with Crippen LogP contribution in [0.1, 0.15) is 5.56 Å². The maximum atomic E-state index is 12.6. The van der Waals surface area contributed by atoms with Gasteiger partial charge in [0.2, 0.25) is 0 Å². The lowest BCUT2D eigenvalue weighted by molar-refractivity contribution is -0.127. The van der Waals surface area contributed by atoms with Gasteiger partial charge >= 0.3 is 0 Å². The van der Waals surface area contributed by atoms with Gasteiger partial charge in [-0.1, -0.05) is 23.7 Å². The lowest BCUT2D eigenvalue weighted by Crippen LogP contribution is -2.55. The molecule has 1 atom stereocenters. The summed E-state index contributed by atoms with van der Waals surface area (Å²) in [6.45, 7) is 0.142. The van der Waals surface area contributed by atoms with Crippen LogP contribution < -0.4 is 5.32 Å². The first-order valence-corrected chi connectivity index (χ1v) is 6.98. The topological polar surface area (TPSA) is 64.9 Å². The van der Waals surface area contributed by atoms with Gasteiger partial charge < -0.3 is 15.3 Å². The Kier molecular flexibility index (Phi) is 3.77. The van der Waals surface area contributed by atoms with Crippen LogP contribution in [0.15, 0.2) is 53.3 Å². The normalized spacial score (nSPS) is 20.6. The fraction of sp³-hybridized carbons (Fsp3) is 0.200. The summed E-state index contributed by atoms with van der Waals surface area (Å²) < 4.78 is 0. The van der Waals surface area contributed by atoms with E-state index in [2.05, 4.69) is 10.3 Å². The number of hydrogen-bond acceptors (Lipinski definition) is 4. The van der Waals surface area contributed by atoms with Crippen molar-refractivity contribution in [2.24, 2.45) is 4.99 Å². The maximum absolute atomic E-state index is 12.6. The average molecular weight is 304 g/mol. The predicted molar refractivity (Wildman–Crippen MR) is 80.9 cm³/mol. The first kappa shape index (κ1) is 13.9. The molecule has 1 amide bonds. The molecule has 1 aromatic carbocycles. The molecule has 0 radical (unpaired) electrons. The first-order valence-electron chi connectivity index (χ1n) is 6.60. The van der Waals surface area contributed by atoms with Crippen molar-refractivity contribution >= 4 is 23.2 Å². The zero-order valence-electron chi connectivity index (χ0n) is 11.2. The Bertz CT molecular complexity index is 649. The lowest BCUT2D eigenvalue weighted by atomic mass is 10.0. The average Bonchev–Trinajstić information content (AvgIpc) is 2.51. The molecule has 1 unspecified atom stereocenters. The molecule has 3 rings (SSSR count). The monoisotopic (exact) mass is 303 g/mol. The molecule has 0 saturated carbocycles. The highest BCUT2D eigenvalue weighted by Crippen LogP contribution is 2.22. The molecular formula is C15H14ClN3O2. The van der Waals surface area contributed by atoms with E-state index in [-0.39, 0.29) is 25.2 Å². The number of hydrogen-bond donors (Lipinski definition) is 2. The Hall–Kier alpha value is -2.11. The number of nitrogens with zero attached hydrogens (tertiary/aromatic N) is 2. The quantitative estimate of drug-likeness (QED) is 0.884. The van der Waals surface area contributed by atoms with Gasteiger partial charge in [-0.15, -0.1) is 0 Å². The molecule has 21 heavy (non-hydrogen) atoms. The molecule has 6 heteroatoms. The number of β-amino-alcohol motifs (C(OH)–C–C–N with tert-alkyl or cyclic N) is 1. The largest absolute Gasteiger partial charge is 0.395 e. The Morgan fingerprint density at radius 3 is 2.81 bits per heavy atom. The molecule has 2 heterocycles. The van der Waals surface area contributed by atoms with Crippen LogP contribution >= 0.6 is 11.6 Å². The molecule has 1 aromatic rings. The van der Waals surface area contributed by atoms with E-state index in [1.807, 2.05) is 12.2 Å². The smallest absolute Gasteiger partial charge is 0.275 e. The van der Waals surface area contributed by atoms with Gasteiger partial charge in [-0.05, 0) is 30.5 Å². The maximum Gasteiger partial charge on any atom is 0.275 e. The van der Waals surface area contributed by atoms with Crippen molar-refractivity contribution in [3.63, 3.8) is 0 Å². The number of aliphatic hydroxyl groups excluding tert-OH is 1. The highest BCUT2D eigenvalue weighted by molar-refractivity contribution is 6.46. The summed E-state index contributed by atoms with van der Waals surface area (Å²) in [6.07, 6.45) is 5.12. The molecule has 0 saturated heterocycles. The van der Waals surface area contributed by atoms with E-state index >= 15 is 0 Å². The fourth-order valence-corrected chi connectivity index (χ4v) is 2.51. The van der Waals surface area contributed by atoms with E-state index < -0.39 is 0 Å². The number of nitrogens with one attached hydrogen (secondary N) is 1. The van der Waals surface area contributed by atoms with Crippen molar-refractivity contribution in [1.82, 2.24) is 10.2 Å². The highest BCUT2D eigenvalue weighted by atomic mass is 35.5. The van der Waals surface area contributed by atoms with Gasteiger partial charge in [-0.25, -0.2) is 4.99 Å². The Morgan fingerprint density at radius 2 is 2.10 bits per heavy atom. The third kappa shape index (κ3) is 2.57. The number of amides is 1. The number of aliphatic hydroxyl groups is 1. The van der Waals surface area contributed by atoms with Crippen LogP contribution in [0.2, 0.25) is 5.02 Å². The van der Waals surface area contributed by atoms with Gasteiger partial charge in [0.05, 0.1) is 12.3 Å². The molecule has 0 bridgehead atoms. The van der Waals surface area contributed by atoms with E-state index in [0.29, 0.717) is 16.3 Å². The summed E-state index contributed by atoms with van der Waals surface area (Å²) in [4.78, 5) is 18.7. The number of fused-ring (bicyclic) bond motifs is 1. The number of rotatable bonds is 3. The van der Waals surface area contributed by atoms with Crippen molar-refractivity contribution in [3.05, 3.63) is 58.9 Å². The van der Waals surface area contributed by atoms with Crippen molar-refractivity contribution in [2.45, 2.75) is 6.17 Å². The van der Waals surface area contributed by atoms with Crippen LogP contribution in [0.5, 0.6) is 0 Å². The molecule has 5 nitrogen and oxygen atoms in total. The second-order valence-corrected chi connectivity index (χ2v) is 5.15. The van der Waals surface area contributed by atoms with Gasteiger partial charge in [0.15, 0.2) is 0 Å². The summed E-state index contributed by atoms with van der Waals surface area (Å²) in [5.41, 5.74) is 1.82. The zero-order chi connectivity index (χ0) is 14.8. The van der Waals surface area contributed by atoms with Crippen molar-refractivity contribution in [1.29, 1.82) is 0 Å². The van der Waals surface area contributed by atoms with Crippen LogP contribution in [-0.4, -0.2) is 40.9 Å². The summed E-state index contributed by atoms with van der Waals surface area (Å²) in [6, 6.07) is 6.98. The Labute approximate surface area is 127 Å². The standard InChI is InChI=1S/C15H14ClN3O2/c16-11-5-3-10(4-6-11)13-15(21)19(8-9-20)14-12(18-13)2-1-7-17-14/h1-7,14,17,20H,8-9H2. The fourth-order valence-electron chi connectivity index (χ4n) is 2.38. The molecule has 0 aromatic heterocycles. The van der Waals surface area contributed by atoms with E-state index in [9.17, 15) is 9.90 Å². The lowest BCUT2D eigenvalue weighted by Gasteiger charge is -2.36. The number of aliphatic imine (C=N–C) groups is 1. The molecule has 0 fully saturated rings. The van der Waals surface area contributed by atoms with E-state index in [1.165, 1.54) is 0 Å². The van der Waals surface area contributed by atoms with Gasteiger partial charge in [0.25, 0.3) is 5.91 Å². The van der Waals surface area contributed by atoms with E-state index in [0.717, 1.165) is 5.70 Å². The third-order valence-corrected chi connectivity index (χ3v) is 3.62. The molecule has 0 spiro atoms. The molecule has 2 aliphatic heterocycles. The van der Waals surface area contributed by atoms with Gasteiger partial charge in [-0.3, -0.25) is 4.79 Å². The van der Waals surface area contributed by atoms with E-state index in [4.69, 9.17) is 11.6 Å². The van der Waals surface area contributed by atoms with Gasteiger partial charge in [-0.2, -0.15) is 0 Å². The van der Waals surface area contributed by atoms with Gasteiger partial charge in [0.1, 0.15) is 11.9 Å². The number of dihydropyridines is 1. The van der Waals surface area contributed by atoms with Crippen LogP contribution in [0.4, 0.5) is 0 Å². The first-order chi connectivity index (χ1) is 10.2. The summed E-state index contributed by atoms with van der Waals surface area (Å²) >= 11 is 5.88. The number of halogens is 1. The van der Waals surface area contributed by atoms with Crippen LogP contribution in [0.25, 0.3) is 0 Å². The second-order valence-electron chi connectivity index (χ2n) is 4.71. The minimum Gasteiger partial charge on any atom is -0.395 e. The molecule has 2 N–H and O–H groups in total. The Morgan fingerprint density at radius 1 is 1.33 bits per heavy atom. The van der Waals surface area contributed by atoms with Gasteiger partial charge in [0, 0.05) is 17.1 Å². The predicted octanol–water partition coefficient (Wildman–Crippen LogP) is 1.29. The third-order valence-electron chi connectivity index (χ3n) is 3.37. The Balaban J connectivity index is 2.04. The van der Waals surface area contributed by atoms with Crippen molar-refractivity contribution in [2.75, 3.05) is 13.2 Å². The molecule has 108 valence electrons. The number of carbonyl (C=O) groups excluding carboxylic acids is 1. The summed E-state index contributed by atoms with van der Waals surface area (Å²) in [7, 11) is 0. The number of benzene rings is 1. The summed E-state index contributed by atoms with van der Waals surface area (Å²) in [5, 5.41) is 12.9. The molecular weight excluding hydrogens is 290 g/mol. The zero-order valence-corrected chi connectivity index (χ0v) is 11.9. The number of carbonyl (C=O) groups is 1. The van der Waals surface area contributed by atoms with Crippen LogP contribution in [0.3, 0.4) is 0 Å². The number of allylic oxidation sites excluding steroid dienone is 2. The molecule has 2 aliphatic rings. The van der Waals surface area contributed by atoms with Crippen LogP contribution in [-0.2, 0) is 4.79 Å². The minimum absolute atomic E-state index is 0.102. The molecule has 0 aliphatic carbocycles. The highest BCUT2D eigenvalue weighted by Gasteiger charge is 2.34. The van der Waals surface area contributed by atoms with Crippen molar-refractivity contribution in [3.8, 4) is 0 Å². The summed E-state index contributed by atoms with van der Waals surface area (Å²) in [5.74, 6) is -0.212. The van der Waals surface area contributed by atoms with E-state index in [1.54, 1.807) is 35.4 Å². The van der Waals surface area contributed by atoms with Crippen LogP contribution in [0, 0.1) is 0 Å². The van der Waals surface area contributed by atoms with Crippen molar-refractivity contribution < 1.29 is 9.90 Å². The minimum atomic E-state index is -0.328. The SMILES string of the molecule is O=C1C(c2ccc(Cl)cc2)=NC2=CC=CNC2N1CCO. The second kappa shape index (κ2) is 5.71.